The van der Waals surface area contributed by atoms with Gasteiger partial charge in [-0.3, -0.25) is 5.43 Å². The largest absolute Gasteiger partial charge is 0.331 e. The molecule has 4 nitrogen and oxygen atoms in total. The number of nitrogens with one attached hydrogen (secondary N) is 1. The van der Waals surface area contributed by atoms with Crippen LogP contribution in [0.25, 0.3) is 0 Å². The van der Waals surface area contributed by atoms with E-state index in [0.29, 0.717) is 43.1 Å². The highest BCUT2D eigenvalue weighted by atomic mass is 35.5. The maximum atomic E-state index is 6.34. The van der Waals surface area contributed by atoms with Crippen molar-refractivity contribution in [2.75, 3.05) is 5.43 Å². The fourth-order valence-electron chi connectivity index (χ4n) is 2.23. The second kappa shape index (κ2) is 8.51. The van der Waals surface area contributed by atoms with Gasteiger partial charge < -0.3 is 4.57 Å². The number of benzene rings is 2. The van der Waals surface area contributed by atoms with Gasteiger partial charge in [-0.25, -0.2) is 4.98 Å². The molecule has 3 aromatic rings. The molecule has 0 amide bonds. The Morgan fingerprint density at radius 1 is 0.962 bits per heavy atom. The summed E-state index contributed by atoms with van der Waals surface area (Å²) >= 11 is 30.7. The molecule has 0 atom stereocenters. The number of aromatic nitrogens is 2. The number of nitrogens with zero attached hydrogens (tertiary/aromatic N) is 3. The van der Waals surface area contributed by atoms with Gasteiger partial charge in [-0.2, -0.15) is 5.10 Å². The molecule has 0 radical (unpaired) electrons. The molecule has 0 fully saturated rings. The maximum Gasteiger partial charge on any atom is 0.0949 e. The summed E-state index contributed by atoms with van der Waals surface area (Å²) in [4.78, 5) is 4.04. The zero-order valence-corrected chi connectivity index (χ0v) is 16.8. The predicted octanol–water partition coefficient (Wildman–Crippen LogP) is 6.67. The van der Waals surface area contributed by atoms with E-state index in [4.69, 9.17) is 58.0 Å². The molecular formula is C17H11Cl5N4. The molecule has 0 saturated carbocycles. The lowest BCUT2D eigenvalue weighted by molar-refractivity contribution is 0.848. The molecule has 134 valence electrons. The van der Waals surface area contributed by atoms with E-state index < -0.39 is 0 Å². The Balaban J connectivity index is 1.99. The zero-order chi connectivity index (χ0) is 18.7. The van der Waals surface area contributed by atoms with Gasteiger partial charge in [0.25, 0.3) is 0 Å². The van der Waals surface area contributed by atoms with Crippen LogP contribution in [-0.4, -0.2) is 15.3 Å². The Morgan fingerprint density at radius 3 is 2.27 bits per heavy atom. The lowest BCUT2D eigenvalue weighted by Gasteiger charge is -2.12. The first kappa shape index (κ1) is 19.3. The quantitative estimate of drug-likeness (QED) is 0.350. The highest BCUT2D eigenvalue weighted by molar-refractivity contribution is 6.41. The molecule has 9 heteroatoms. The van der Waals surface area contributed by atoms with Crippen LogP contribution in [0, 0.1) is 0 Å². The number of rotatable bonds is 5. The maximum absolute atomic E-state index is 6.34. The van der Waals surface area contributed by atoms with Crippen LogP contribution in [0.3, 0.4) is 0 Å². The second-order valence-corrected chi connectivity index (χ2v) is 7.37. The van der Waals surface area contributed by atoms with Crippen molar-refractivity contribution in [1.29, 1.82) is 0 Å². The van der Waals surface area contributed by atoms with Crippen molar-refractivity contribution in [2.45, 2.75) is 6.54 Å². The molecule has 0 aliphatic rings. The Bertz CT molecular complexity index is 931. The summed E-state index contributed by atoms with van der Waals surface area (Å²) in [7, 11) is 0. The molecule has 0 spiro atoms. The SMILES string of the molecule is Clc1ccc(C(Cn2ccnc2)=NNc2c(Cl)cc(Cl)cc2Cl)c(Cl)c1. The summed E-state index contributed by atoms with van der Waals surface area (Å²) in [5.41, 5.74) is 4.72. The lowest BCUT2D eigenvalue weighted by Crippen LogP contribution is -2.13. The average Bonchev–Trinajstić information content (AvgIpc) is 3.06. The summed E-state index contributed by atoms with van der Waals surface area (Å²) < 4.78 is 1.86. The summed E-state index contributed by atoms with van der Waals surface area (Å²) in [6, 6.07) is 8.36. The van der Waals surface area contributed by atoms with Gasteiger partial charge in [0, 0.05) is 28.0 Å². The van der Waals surface area contributed by atoms with E-state index in [1.54, 1.807) is 42.9 Å². The minimum Gasteiger partial charge on any atom is -0.331 e. The molecule has 3 rings (SSSR count). The zero-order valence-electron chi connectivity index (χ0n) is 13.1. The molecule has 0 unspecified atom stereocenters. The lowest BCUT2D eigenvalue weighted by atomic mass is 10.1. The monoisotopic (exact) mass is 446 g/mol. The van der Waals surface area contributed by atoms with Gasteiger partial charge in [-0.15, -0.1) is 0 Å². The first-order valence-corrected chi connectivity index (χ1v) is 9.21. The third-order valence-electron chi connectivity index (χ3n) is 3.44. The summed E-state index contributed by atoms with van der Waals surface area (Å²) in [5, 5.41) is 6.63. The Kier molecular flexibility index (Phi) is 6.33. The normalized spacial score (nSPS) is 11.7. The Hall–Kier alpha value is -1.43. The first-order chi connectivity index (χ1) is 12.4. The van der Waals surface area contributed by atoms with Gasteiger partial charge in [0.15, 0.2) is 0 Å². The summed E-state index contributed by atoms with van der Waals surface area (Å²) in [5.74, 6) is 0. The molecule has 1 aromatic heterocycles. The highest BCUT2D eigenvalue weighted by Crippen LogP contribution is 2.34. The predicted molar refractivity (Wildman–Crippen MR) is 110 cm³/mol. The van der Waals surface area contributed by atoms with E-state index in [1.165, 1.54) is 0 Å². The van der Waals surface area contributed by atoms with Crippen LogP contribution in [0.1, 0.15) is 5.56 Å². The van der Waals surface area contributed by atoms with Crippen molar-refractivity contribution < 1.29 is 0 Å². The van der Waals surface area contributed by atoms with Crippen molar-refractivity contribution in [3.05, 3.63) is 79.7 Å². The Labute approximate surface area is 175 Å². The number of hydrogen-bond donors (Lipinski definition) is 1. The van der Waals surface area contributed by atoms with E-state index in [-0.39, 0.29) is 0 Å². The van der Waals surface area contributed by atoms with Crippen LogP contribution < -0.4 is 5.43 Å². The van der Waals surface area contributed by atoms with Crippen molar-refractivity contribution in [3.8, 4) is 0 Å². The van der Waals surface area contributed by atoms with Gasteiger partial charge in [-0.05, 0) is 24.3 Å². The van der Waals surface area contributed by atoms with Crippen molar-refractivity contribution in [3.63, 3.8) is 0 Å². The third-order valence-corrected chi connectivity index (χ3v) is 4.81. The molecule has 1 heterocycles. The van der Waals surface area contributed by atoms with Crippen LogP contribution in [0.2, 0.25) is 25.1 Å². The van der Waals surface area contributed by atoms with Crippen LogP contribution >= 0.6 is 58.0 Å². The molecule has 26 heavy (non-hydrogen) atoms. The number of hydrazone groups is 1. The van der Waals surface area contributed by atoms with E-state index in [2.05, 4.69) is 15.5 Å². The second-order valence-electron chi connectivity index (χ2n) is 5.27. The first-order valence-electron chi connectivity index (χ1n) is 7.32. The van der Waals surface area contributed by atoms with E-state index in [9.17, 15) is 0 Å². The molecule has 0 aliphatic carbocycles. The van der Waals surface area contributed by atoms with Crippen LogP contribution in [0.15, 0.2) is 54.2 Å². The summed E-state index contributed by atoms with van der Waals surface area (Å²) in [6.45, 7) is 0.428. The van der Waals surface area contributed by atoms with E-state index >= 15 is 0 Å². The van der Waals surface area contributed by atoms with Gasteiger partial charge in [0.05, 0.1) is 39.3 Å². The third kappa shape index (κ3) is 4.64. The van der Waals surface area contributed by atoms with E-state index in [1.807, 2.05) is 10.8 Å². The molecule has 2 aromatic carbocycles. The van der Waals surface area contributed by atoms with Crippen molar-refractivity contribution in [2.24, 2.45) is 5.10 Å². The molecule has 0 saturated heterocycles. The standard InChI is InChI=1S/C17H11Cl5N4/c18-10-1-2-12(13(20)5-10)16(8-26-4-3-23-9-26)24-25-17-14(21)6-11(19)7-15(17)22/h1-7,9,25H,8H2. The van der Waals surface area contributed by atoms with Gasteiger partial charge >= 0.3 is 0 Å². The number of halogens is 5. The molecule has 1 N–H and O–H groups in total. The Morgan fingerprint density at radius 2 is 1.65 bits per heavy atom. The van der Waals surface area contributed by atoms with Crippen LogP contribution in [-0.2, 0) is 6.54 Å². The van der Waals surface area contributed by atoms with Gasteiger partial charge in [0.1, 0.15) is 0 Å². The number of imidazole rings is 1. The average molecular weight is 449 g/mol. The van der Waals surface area contributed by atoms with E-state index in [0.717, 1.165) is 5.56 Å². The molecular weight excluding hydrogens is 437 g/mol. The smallest absolute Gasteiger partial charge is 0.0949 e. The summed E-state index contributed by atoms with van der Waals surface area (Å²) in [6.07, 6.45) is 5.19. The van der Waals surface area contributed by atoms with Crippen molar-refractivity contribution in [1.82, 2.24) is 9.55 Å². The van der Waals surface area contributed by atoms with Crippen LogP contribution in [0.5, 0.6) is 0 Å². The minimum absolute atomic E-state index is 0.357. The molecule has 0 aliphatic heterocycles. The topological polar surface area (TPSA) is 42.2 Å². The number of anilines is 1. The minimum atomic E-state index is 0.357. The van der Waals surface area contributed by atoms with Gasteiger partial charge in [0.2, 0.25) is 0 Å². The van der Waals surface area contributed by atoms with Crippen molar-refractivity contribution >= 4 is 69.4 Å². The fourth-order valence-corrected chi connectivity index (χ4v) is 3.65. The van der Waals surface area contributed by atoms with Crippen LogP contribution in [0.4, 0.5) is 5.69 Å². The highest BCUT2D eigenvalue weighted by Gasteiger charge is 2.12. The number of hydrogen-bond acceptors (Lipinski definition) is 3. The van der Waals surface area contributed by atoms with Gasteiger partial charge in [-0.1, -0.05) is 64.1 Å². The fraction of sp³-hybridized carbons (Fsp3) is 0.0588. The molecule has 0 bridgehead atoms.